The van der Waals surface area contributed by atoms with Crippen molar-refractivity contribution in [3.05, 3.63) is 64.2 Å². The zero-order chi connectivity index (χ0) is 19.0. The van der Waals surface area contributed by atoms with E-state index in [0.29, 0.717) is 17.0 Å². The molecule has 0 fully saturated rings. The number of aryl methyl sites for hydroxylation is 2. The molecular formula is C20H17N5O2. The van der Waals surface area contributed by atoms with Crippen LogP contribution >= 0.6 is 0 Å². The van der Waals surface area contributed by atoms with E-state index in [9.17, 15) is 4.79 Å². The smallest absolute Gasteiger partial charge is 0.280 e. The van der Waals surface area contributed by atoms with E-state index in [-0.39, 0.29) is 11.5 Å². The van der Waals surface area contributed by atoms with Crippen LogP contribution in [0.25, 0.3) is 21.7 Å². The standard InChI is InChI=1S/C20H17N5O2/c1-11-14-6-4-5-7-15(14)18(26)24-20(21-11)25-19-22-12(2)16-10-13(27-3)8-9-17(16)23-19/h4-10H,1-3H3,(H,22,23,24,25,26). The van der Waals surface area contributed by atoms with Gasteiger partial charge in [-0.25, -0.2) is 15.0 Å². The molecule has 0 aliphatic heterocycles. The van der Waals surface area contributed by atoms with Gasteiger partial charge in [0.1, 0.15) is 5.75 Å². The molecule has 0 spiro atoms. The van der Waals surface area contributed by atoms with Gasteiger partial charge in [0.05, 0.1) is 23.7 Å². The van der Waals surface area contributed by atoms with E-state index < -0.39 is 0 Å². The monoisotopic (exact) mass is 359 g/mol. The van der Waals surface area contributed by atoms with Gasteiger partial charge in [0, 0.05) is 16.5 Å². The van der Waals surface area contributed by atoms with E-state index in [1.165, 1.54) is 0 Å². The zero-order valence-corrected chi connectivity index (χ0v) is 15.1. The van der Waals surface area contributed by atoms with Crippen molar-refractivity contribution >= 4 is 33.6 Å². The number of fused-ring (bicyclic) bond motifs is 2. The lowest BCUT2D eigenvalue weighted by atomic mass is 10.1. The number of hydrogen-bond donors (Lipinski definition) is 1. The van der Waals surface area contributed by atoms with Crippen LogP contribution in [0.5, 0.6) is 5.75 Å². The Bertz CT molecular complexity index is 1240. The van der Waals surface area contributed by atoms with Crippen molar-refractivity contribution in [1.29, 1.82) is 0 Å². The summed E-state index contributed by atoms with van der Waals surface area (Å²) in [5.74, 6) is 1.24. The third-order valence-electron chi connectivity index (χ3n) is 4.35. The summed E-state index contributed by atoms with van der Waals surface area (Å²) in [6.45, 7) is 3.73. The minimum atomic E-state index is -0.351. The number of ether oxygens (including phenoxy) is 1. The van der Waals surface area contributed by atoms with Crippen molar-refractivity contribution < 1.29 is 4.74 Å². The molecule has 0 radical (unpaired) electrons. The van der Waals surface area contributed by atoms with Gasteiger partial charge in [-0.1, -0.05) is 18.2 Å². The molecule has 2 aromatic heterocycles. The third kappa shape index (κ3) is 3.15. The maximum atomic E-state index is 12.4. The first-order valence-electron chi connectivity index (χ1n) is 8.42. The Balaban J connectivity index is 1.81. The Kier molecular flexibility index (Phi) is 4.12. The van der Waals surface area contributed by atoms with E-state index in [1.54, 1.807) is 13.2 Å². The highest BCUT2D eigenvalue weighted by Crippen LogP contribution is 2.23. The Morgan fingerprint density at radius 1 is 0.815 bits per heavy atom. The van der Waals surface area contributed by atoms with Crippen molar-refractivity contribution in [2.24, 2.45) is 0 Å². The van der Waals surface area contributed by atoms with Gasteiger partial charge in [-0.3, -0.25) is 10.1 Å². The molecule has 0 bridgehead atoms. The summed E-state index contributed by atoms with van der Waals surface area (Å²) in [7, 11) is 1.62. The highest BCUT2D eigenvalue weighted by molar-refractivity contribution is 5.84. The third-order valence-corrected chi connectivity index (χ3v) is 4.35. The average Bonchev–Trinajstić information content (AvgIpc) is 2.78. The first-order chi connectivity index (χ1) is 13.0. The fourth-order valence-corrected chi connectivity index (χ4v) is 2.98. The maximum Gasteiger partial charge on any atom is 0.280 e. The van der Waals surface area contributed by atoms with Gasteiger partial charge >= 0.3 is 0 Å². The minimum Gasteiger partial charge on any atom is -0.497 e. The fourth-order valence-electron chi connectivity index (χ4n) is 2.98. The number of rotatable bonds is 3. The van der Waals surface area contributed by atoms with Crippen molar-refractivity contribution in [1.82, 2.24) is 19.9 Å². The SMILES string of the molecule is COc1ccc2nc(Nc3nc(C)c4ccccc4c(=O)n3)nc(C)c2c1. The van der Waals surface area contributed by atoms with Gasteiger partial charge < -0.3 is 4.74 Å². The van der Waals surface area contributed by atoms with Gasteiger partial charge in [0.25, 0.3) is 5.56 Å². The summed E-state index contributed by atoms with van der Waals surface area (Å²) in [5.41, 5.74) is 1.89. The summed E-state index contributed by atoms with van der Waals surface area (Å²) in [6.07, 6.45) is 0. The van der Waals surface area contributed by atoms with Crippen molar-refractivity contribution in [3.63, 3.8) is 0 Å². The van der Waals surface area contributed by atoms with Crippen LogP contribution in [0.15, 0.2) is 47.3 Å². The molecule has 27 heavy (non-hydrogen) atoms. The summed E-state index contributed by atoms with van der Waals surface area (Å²) >= 11 is 0. The first kappa shape index (κ1) is 16.8. The van der Waals surface area contributed by atoms with Gasteiger partial charge in [0.2, 0.25) is 11.9 Å². The Hall–Kier alpha value is -3.61. The number of hydrogen-bond acceptors (Lipinski definition) is 7. The second-order valence-corrected chi connectivity index (χ2v) is 6.12. The molecule has 0 aliphatic carbocycles. The summed E-state index contributed by atoms with van der Waals surface area (Å²) < 4.78 is 5.25. The minimum absolute atomic E-state index is 0.168. The molecule has 7 nitrogen and oxygen atoms in total. The van der Waals surface area contributed by atoms with E-state index in [0.717, 1.165) is 27.7 Å². The number of benzene rings is 2. The van der Waals surface area contributed by atoms with E-state index in [4.69, 9.17) is 4.74 Å². The van der Waals surface area contributed by atoms with Crippen LogP contribution < -0.4 is 15.6 Å². The average molecular weight is 359 g/mol. The molecule has 0 unspecified atom stereocenters. The number of nitrogens with zero attached hydrogens (tertiary/aromatic N) is 4. The molecule has 2 heterocycles. The Morgan fingerprint density at radius 3 is 2.22 bits per heavy atom. The molecule has 134 valence electrons. The topological polar surface area (TPSA) is 89.9 Å². The van der Waals surface area contributed by atoms with E-state index in [1.807, 2.05) is 50.2 Å². The predicted molar refractivity (Wildman–Crippen MR) is 105 cm³/mol. The molecule has 0 saturated heterocycles. The lowest BCUT2D eigenvalue weighted by Crippen LogP contribution is -2.07. The molecule has 0 atom stereocenters. The van der Waals surface area contributed by atoms with E-state index >= 15 is 0 Å². The molecular weight excluding hydrogens is 342 g/mol. The van der Waals surface area contributed by atoms with Gasteiger partial charge in [-0.15, -0.1) is 0 Å². The second kappa shape index (κ2) is 6.60. The predicted octanol–water partition coefficient (Wildman–Crippen LogP) is 3.30. The summed E-state index contributed by atoms with van der Waals surface area (Å²) in [4.78, 5) is 29.9. The van der Waals surface area contributed by atoms with Crippen LogP contribution in [0.3, 0.4) is 0 Å². The maximum absolute atomic E-state index is 12.4. The van der Waals surface area contributed by atoms with Crippen molar-refractivity contribution in [2.45, 2.75) is 13.8 Å². The lowest BCUT2D eigenvalue weighted by Gasteiger charge is -2.07. The normalized spacial score (nSPS) is 10.9. The first-order valence-corrected chi connectivity index (χ1v) is 8.42. The summed E-state index contributed by atoms with van der Waals surface area (Å²) in [6, 6.07) is 12.9. The molecule has 2 aromatic carbocycles. The number of anilines is 2. The second-order valence-electron chi connectivity index (χ2n) is 6.12. The number of nitrogens with one attached hydrogen (secondary N) is 1. The van der Waals surface area contributed by atoms with E-state index in [2.05, 4.69) is 25.3 Å². The molecule has 7 heteroatoms. The Labute approximate surface area is 155 Å². The molecule has 4 aromatic rings. The largest absolute Gasteiger partial charge is 0.497 e. The molecule has 1 N–H and O–H groups in total. The lowest BCUT2D eigenvalue weighted by molar-refractivity contribution is 0.415. The Morgan fingerprint density at radius 2 is 1.48 bits per heavy atom. The molecule has 4 rings (SSSR count). The quantitative estimate of drug-likeness (QED) is 0.600. The summed E-state index contributed by atoms with van der Waals surface area (Å²) in [5, 5.41) is 5.16. The van der Waals surface area contributed by atoms with Gasteiger partial charge in [-0.2, -0.15) is 4.98 Å². The van der Waals surface area contributed by atoms with Crippen LogP contribution in [0.1, 0.15) is 11.4 Å². The molecule has 0 aliphatic rings. The number of methoxy groups -OCH3 is 1. The van der Waals surface area contributed by atoms with Gasteiger partial charge in [-0.05, 0) is 38.1 Å². The van der Waals surface area contributed by atoms with Crippen LogP contribution in [0.2, 0.25) is 0 Å². The zero-order valence-electron chi connectivity index (χ0n) is 15.1. The molecule has 0 saturated carbocycles. The van der Waals surface area contributed by atoms with Crippen LogP contribution in [-0.4, -0.2) is 27.0 Å². The van der Waals surface area contributed by atoms with Crippen LogP contribution in [-0.2, 0) is 0 Å². The van der Waals surface area contributed by atoms with Crippen LogP contribution in [0, 0.1) is 13.8 Å². The van der Waals surface area contributed by atoms with Gasteiger partial charge in [0.15, 0.2) is 0 Å². The van der Waals surface area contributed by atoms with Crippen molar-refractivity contribution in [3.8, 4) is 5.75 Å². The van der Waals surface area contributed by atoms with Crippen molar-refractivity contribution in [2.75, 3.05) is 12.4 Å². The number of aromatic nitrogens is 4. The highest BCUT2D eigenvalue weighted by Gasteiger charge is 2.09. The van der Waals surface area contributed by atoms with Crippen LogP contribution in [0.4, 0.5) is 11.9 Å². The highest BCUT2D eigenvalue weighted by atomic mass is 16.5. The fraction of sp³-hybridized carbons (Fsp3) is 0.150. The molecule has 0 amide bonds.